The number of amides is 1. The first kappa shape index (κ1) is 18.2. The van der Waals surface area contributed by atoms with Crippen LogP contribution in [0.1, 0.15) is 16.1 Å². The molecule has 0 atom stereocenters. The standard InChI is InChI=1S/C16H13BrClN5O3/c17-11-8-23(7-10-3-1-2-4-12(10)18)21-15(11)19-14(24)9-22-6-5-13(20-22)16(25)26/h1-6,8H,7,9H2,(H,25,26)(H,19,21,24). The molecule has 0 radical (unpaired) electrons. The molecule has 0 aliphatic rings. The molecule has 0 fully saturated rings. The highest BCUT2D eigenvalue weighted by Crippen LogP contribution is 2.22. The first-order chi connectivity index (χ1) is 12.4. The second-order valence-electron chi connectivity index (χ2n) is 5.37. The monoisotopic (exact) mass is 437 g/mol. The predicted octanol–water partition coefficient (Wildman–Crippen LogP) is 2.88. The lowest BCUT2D eigenvalue weighted by atomic mass is 10.2. The molecular formula is C16H13BrClN5O3. The number of hydrogen-bond acceptors (Lipinski definition) is 4. The van der Waals surface area contributed by atoms with Crippen LogP contribution in [0.15, 0.2) is 47.2 Å². The van der Waals surface area contributed by atoms with Gasteiger partial charge in [0.15, 0.2) is 11.5 Å². The van der Waals surface area contributed by atoms with E-state index in [1.807, 2.05) is 18.2 Å². The van der Waals surface area contributed by atoms with Crippen LogP contribution in [0.3, 0.4) is 0 Å². The first-order valence-corrected chi connectivity index (χ1v) is 8.62. The molecule has 0 unspecified atom stereocenters. The van der Waals surface area contributed by atoms with Crippen molar-refractivity contribution in [1.29, 1.82) is 0 Å². The van der Waals surface area contributed by atoms with Gasteiger partial charge in [0.05, 0.1) is 11.0 Å². The van der Waals surface area contributed by atoms with Gasteiger partial charge in [0, 0.05) is 17.4 Å². The molecule has 2 aromatic heterocycles. The minimum atomic E-state index is -1.15. The van der Waals surface area contributed by atoms with Crippen molar-refractivity contribution >= 4 is 45.2 Å². The minimum Gasteiger partial charge on any atom is -0.476 e. The van der Waals surface area contributed by atoms with Crippen LogP contribution in [0.5, 0.6) is 0 Å². The average molecular weight is 439 g/mol. The third-order valence-electron chi connectivity index (χ3n) is 3.43. The second-order valence-corrected chi connectivity index (χ2v) is 6.63. The Labute approximate surface area is 161 Å². The van der Waals surface area contributed by atoms with E-state index in [0.29, 0.717) is 21.9 Å². The Kier molecular flexibility index (Phi) is 5.38. The summed E-state index contributed by atoms with van der Waals surface area (Å²) in [5.74, 6) is -1.17. The average Bonchev–Trinajstić information content (AvgIpc) is 3.17. The Morgan fingerprint density at radius 3 is 2.65 bits per heavy atom. The quantitative estimate of drug-likeness (QED) is 0.616. The molecule has 3 rings (SSSR count). The van der Waals surface area contributed by atoms with Crippen molar-refractivity contribution in [2.75, 3.05) is 5.32 Å². The van der Waals surface area contributed by atoms with Crippen LogP contribution in [0.2, 0.25) is 5.02 Å². The fourth-order valence-electron chi connectivity index (χ4n) is 2.25. The summed E-state index contributed by atoms with van der Waals surface area (Å²) in [6, 6.07) is 8.75. The molecule has 2 N–H and O–H groups in total. The van der Waals surface area contributed by atoms with Gasteiger partial charge >= 0.3 is 5.97 Å². The highest BCUT2D eigenvalue weighted by molar-refractivity contribution is 9.10. The van der Waals surface area contributed by atoms with Gasteiger partial charge in [0.1, 0.15) is 6.54 Å². The molecule has 0 spiro atoms. The first-order valence-electron chi connectivity index (χ1n) is 7.45. The summed E-state index contributed by atoms with van der Waals surface area (Å²) < 4.78 is 3.51. The maximum absolute atomic E-state index is 12.1. The fourth-order valence-corrected chi connectivity index (χ4v) is 2.86. The Morgan fingerprint density at radius 1 is 1.19 bits per heavy atom. The zero-order valence-corrected chi connectivity index (χ0v) is 15.6. The Hall–Kier alpha value is -2.65. The molecule has 2 heterocycles. The normalized spacial score (nSPS) is 10.7. The summed E-state index contributed by atoms with van der Waals surface area (Å²) in [4.78, 5) is 22.9. The number of aromatic nitrogens is 4. The molecule has 10 heteroatoms. The maximum Gasteiger partial charge on any atom is 0.356 e. The van der Waals surface area contributed by atoms with Crippen LogP contribution in [0.25, 0.3) is 0 Å². The number of rotatable bonds is 6. The largest absolute Gasteiger partial charge is 0.476 e. The van der Waals surface area contributed by atoms with E-state index >= 15 is 0 Å². The molecule has 26 heavy (non-hydrogen) atoms. The number of carboxylic acids is 1. The molecule has 0 bridgehead atoms. The fraction of sp³-hybridized carbons (Fsp3) is 0.125. The van der Waals surface area contributed by atoms with Crippen LogP contribution in [-0.2, 0) is 17.9 Å². The Balaban J connectivity index is 1.66. The minimum absolute atomic E-state index is 0.122. The number of anilines is 1. The van der Waals surface area contributed by atoms with Crippen molar-refractivity contribution in [3.63, 3.8) is 0 Å². The molecular weight excluding hydrogens is 426 g/mol. The highest BCUT2D eigenvalue weighted by Gasteiger charge is 2.13. The van der Waals surface area contributed by atoms with Crippen LogP contribution in [0.4, 0.5) is 5.82 Å². The van der Waals surface area contributed by atoms with Gasteiger partial charge in [-0.05, 0) is 33.6 Å². The molecule has 8 nitrogen and oxygen atoms in total. The maximum atomic E-state index is 12.1. The molecule has 0 saturated heterocycles. The highest BCUT2D eigenvalue weighted by atomic mass is 79.9. The van der Waals surface area contributed by atoms with Crippen molar-refractivity contribution in [2.45, 2.75) is 13.1 Å². The number of benzene rings is 1. The number of nitrogens with one attached hydrogen (secondary N) is 1. The lowest BCUT2D eigenvalue weighted by Crippen LogP contribution is -2.20. The van der Waals surface area contributed by atoms with Crippen molar-refractivity contribution in [3.05, 3.63) is 63.5 Å². The number of carbonyl (C=O) groups is 2. The molecule has 1 amide bonds. The van der Waals surface area contributed by atoms with E-state index < -0.39 is 5.97 Å². The van der Waals surface area contributed by atoms with Gasteiger partial charge in [-0.3, -0.25) is 14.2 Å². The number of halogens is 2. The zero-order valence-electron chi connectivity index (χ0n) is 13.3. The molecule has 134 valence electrons. The summed E-state index contributed by atoms with van der Waals surface area (Å²) in [5.41, 5.74) is 0.780. The van der Waals surface area contributed by atoms with Crippen LogP contribution in [0, 0.1) is 0 Å². The van der Waals surface area contributed by atoms with Gasteiger partial charge in [-0.2, -0.15) is 10.2 Å². The summed E-state index contributed by atoms with van der Waals surface area (Å²) in [7, 11) is 0. The van der Waals surface area contributed by atoms with E-state index in [1.165, 1.54) is 16.9 Å². The summed E-state index contributed by atoms with van der Waals surface area (Å²) >= 11 is 9.50. The number of nitrogens with zero attached hydrogens (tertiary/aromatic N) is 4. The van der Waals surface area contributed by atoms with Crippen molar-refractivity contribution in [3.8, 4) is 0 Å². The molecule has 0 aliphatic heterocycles. The molecule has 0 aliphatic carbocycles. The van der Waals surface area contributed by atoms with E-state index in [1.54, 1.807) is 16.9 Å². The van der Waals surface area contributed by atoms with Crippen molar-refractivity contribution in [2.24, 2.45) is 0 Å². The zero-order chi connectivity index (χ0) is 18.7. The van der Waals surface area contributed by atoms with E-state index in [9.17, 15) is 9.59 Å². The lowest BCUT2D eigenvalue weighted by Gasteiger charge is -2.05. The van der Waals surface area contributed by atoms with Gasteiger partial charge in [-0.25, -0.2) is 4.79 Å². The number of carbonyl (C=O) groups excluding carboxylic acids is 1. The SMILES string of the molecule is O=C(Cn1ccc(C(=O)O)n1)Nc1nn(Cc2ccccc2Cl)cc1Br. The smallest absolute Gasteiger partial charge is 0.356 e. The van der Waals surface area contributed by atoms with Gasteiger partial charge in [0.2, 0.25) is 5.91 Å². The number of hydrogen-bond donors (Lipinski definition) is 2. The van der Waals surface area contributed by atoms with Gasteiger partial charge in [0.25, 0.3) is 0 Å². The molecule has 1 aromatic carbocycles. The summed E-state index contributed by atoms with van der Waals surface area (Å²) in [6.45, 7) is 0.326. The number of aromatic carboxylic acids is 1. The predicted molar refractivity (Wildman–Crippen MR) is 98.3 cm³/mol. The van der Waals surface area contributed by atoms with E-state index in [-0.39, 0.29) is 18.1 Å². The van der Waals surface area contributed by atoms with Gasteiger partial charge < -0.3 is 10.4 Å². The van der Waals surface area contributed by atoms with Gasteiger partial charge in [-0.1, -0.05) is 29.8 Å². The summed E-state index contributed by atoms with van der Waals surface area (Å²) in [6.07, 6.45) is 3.16. The van der Waals surface area contributed by atoms with E-state index in [0.717, 1.165) is 5.56 Å². The van der Waals surface area contributed by atoms with Crippen LogP contribution >= 0.6 is 27.5 Å². The Morgan fingerprint density at radius 2 is 1.96 bits per heavy atom. The summed E-state index contributed by atoms with van der Waals surface area (Å²) in [5, 5.41) is 20.2. The second kappa shape index (κ2) is 7.71. The third-order valence-corrected chi connectivity index (χ3v) is 4.38. The van der Waals surface area contributed by atoms with Crippen molar-refractivity contribution < 1.29 is 14.7 Å². The molecule has 0 saturated carbocycles. The van der Waals surface area contributed by atoms with E-state index in [4.69, 9.17) is 16.7 Å². The lowest BCUT2D eigenvalue weighted by molar-refractivity contribution is -0.116. The van der Waals surface area contributed by atoms with Crippen LogP contribution in [-0.4, -0.2) is 36.5 Å². The topological polar surface area (TPSA) is 102 Å². The van der Waals surface area contributed by atoms with Crippen LogP contribution < -0.4 is 5.32 Å². The number of carboxylic acid groups (broad SMARTS) is 1. The Bertz CT molecular complexity index is 968. The van der Waals surface area contributed by atoms with Crippen molar-refractivity contribution in [1.82, 2.24) is 19.6 Å². The van der Waals surface area contributed by atoms with Gasteiger partial charge in [-0.15, -0.1) is 0 Å². The molecule has 3 aromatic rings. The van der Waals surface area contributed by atoms with E-state index in [2.05, 4.69) is 31.4 Å². The third kappa shape index (κ3) is 4.30.